The molecule has 1 saturated heterocycles. The van der Waals surface area contributed by atoms with E-state index in [0.717, 1.165) is 43.2 Å². The number of guanidine groups is 1. The van der Waals surface area contributed by atoms with Crippen molar-refractivity contribution in [3.05, 3.63) is 54.1 Å². The molecule has 1 atom stereocenters. The Hall–Kier alpha value is -2.49. The monoisotopic (exact) mass is 538 g/mol. The topological polar surface area (TPSA) is 89.2 Å². The van der Waals surface area contributed by atoms with E-state index in [9.17, 15) is 4.79 Å². The summed E-state index contributed by atoms with van der Waals surface area (Å²) in [4.78, 5) is 17.9. The maximum atomic E-state index is 11.2. The van der Waals surface area contributed by atoms with Crippen molar-refractivity contribution in [1.82, 2.24) is 10.2 Å². The van der Waals surface area contributed by atoms with Crippen LogP contribution in [0.15, 0.2) is 53.5 Å². The minimum Gasteiger partial charge on any atom is -0.493 e. The Morgan fingerprint density at radius 1 is 1.19 bits per heavy atom. The van der Waals surface area contributed by atoms with Gasteiger partial charge in [0.05, 0.1) is 7.11 Å². The molecule has 1 aliphatic rings. The molecule has 3 rings (SSSR count). The standard InChI is InChI=1S/C23H30N4O3.HI/c1-25-23(27-13-5-6-18(16-27)14-22(24)28)26-15-17-9-11-19(12-10-17)30-21-8-4-3-7-20(21)29-2;/h3-4,7-12,18H,5-6,13-16H2,1-2H3,(H2,24,28)(H,25,26);1H. The number of nitrogens with one attached hydrogen (secondary N) is 1. The summed E-state index contributed by atoms with van der Waals surface area (Å²) in [6.07, 6.45) is 2.50. The smallest absolute Gasteiger partial charge is 0.217 e. The first-order chi connectivity index (χ1) is 14.6. The van der Waals surface area contributed by atoms with Crippen LogP contribution >= 0.6 is 24.0 Å². The minimum atomic E-state index is -0.236. The Balaban J connectivity index is 0.00000341. The van der Waals surface area contributed by atoms with Crippen molar-refractivity contribution in [2.24, 2.45) is 16.6 Å². The number of para-hydroxylation sites is 2. The van der Waals surface area contributed by atoms with Crippen molar-refractivity contribution < 1.29 is 14.3 Å². The van der Waals surface area contributed by atoms with Gasteiger partial charge in [0.25, 0.3) is 0 Å². The van der Waals surface area contributed by atoms with Crippen molar-refractivity contribution >= 4 is 35.8 Å². The number of rotatable bonds is 7. The van der Waals surface area contributed by atoms with Gasteiger partial charge in [0, 0.05) is 33.1 Å². The third kappa shape index (κ3) is 7.30. The number of carbonyl (C=O) groups excluding carboxylic acids is 1. The number of likely N-dealkylation sites (tertiary alicyclic amines) is 1. The van der Waals surface area contributed by atoms with Crippen LogP contribution in [0.2, 0.25) is 0 Å². The largest absolute Gasteiger partial charge is 0.493 e. The second-order valence-electron chi connectivity index (χ2n) is 7.42. The summed E-state index contributed by atoms with van der Waals surface area (Å²) in [6, 6.07) is 15.5. The highest BCUT2D eigenvalue weighted by molar-refractivity contribution is 14.0. The zero-order valence-corrected chi connectivity index (χ0v) is 20.4. The molecular weight excluding hydrogens is 507 g/mol. The molecule has 0 aliphatic carbocycles. The van der Waals surface area contributed by atoms with E-state index in [-0.39, 0.29) is 29.9 Å². The second kappa shape index (κ2) is 12.4. The molecular formula is C23H31IN4O3. The van der Waals surface area contributed by atoms with Crippen LogP contribution in [-0.2, 0) is 11.3 Å². The fourth-order valence-electron chi connectivity index (χ4n) is 3.73. The van der Waals surface area contributed by atoms with Crippen LogP contribution in [0.5, 0.6) is 17.2 Å². The first kappa shape index (κ1) is 24.8. The molecule has 1 fully saturated rings. The molecule has 0 spiro atoms. The summed E-state index contributed by atoms with van der Waals surface area (Å²) >= 11 is 0. The average molecular weight is 538 g/mol. The number of nitrogens with two attached hydrogens (primary N) is 1. The number of benzene rings is 2. The van der Waals surface area contributed by atoms with Crippen LogP contribution in [0.1, 0.15) is 24.8 Å². The van der Waals surface area contributed by atoms with Gasteiger partial charge >= 0.3 is 0 Å². The molecule has 2 aromatic rings. The highest BCUT2D eigenvalue weighted by atomic mass is 127. The van der Waals surface area contributed by atoms with Gasteiger partial charge < -0.3 is 25.4 Å². The number of piperidine rings is 1. The van der Waals surface area contributed by atoms with Gasteiger partial charge in [0.1, 0.15) is 5.75 Å². The van der Waals surface area contributed by atoms with Crippen LogP contribution in [0.3, 0.4) is 0 Å². The number of aliphatic imine (C=N–C) groups is 1. The molecule has 0 aromatic heterocycles. The fraction of sp³-hybridized carbons (Fsp3) is 0.391. The van der Waals surface area contributed by atoms with E-state index in [1.807, 2.05) is 48.5 Å². The lowest BCUT2D eigenvalue weighted by Crippen LogP contribution is -2.46. The number of halogens is 1. The van der Waals surface area contributed by atoms with E-state index >= 15 is 0 Å². The Labute approximate surface area is 201 Å². The fourth-order valence-corrected chi connectivity index (χ4v) is 3.73. The number of amides is 1. The number of methoxy groups -OCH3 is 1. The molecule has 0 saturated carbocycles. The van der Waals surface area contributed by atoms with Gasteiger partial charge in [-0.3, -0.25) is 9.79 Å². The van der Waals surface area contributed by atoms with Crippen LogP contribution in [-0.4, -0.2) is 44.0 Å². The lowest BCUT2D eigenvalue weighted by atomic mass is 9.95. The number of ether oxygens (including phenoxy) is 2. The molecule has 168 valence electrons. The van der Waals surface area contributed by atoms with E-state index in [4.69, 9.17) is 15.2 Å². The van der Waals surface area contributed by atoms with Gasteiger partial charge in [-0.15, -0.1) is 24.0 Å². The van der Waals surface area contributed by atoms with Gasteiger partial charge in [-0.2, -0.15) is 0 Å². The predicted octanol–water partition coefficient (Wildman–Crippen LogP) is 3.77. The van der Waals surface area contributed by atoms with Gasteiger partial charge in [0.2, 0.25) is 5.91 Å². The third-order valence-corrected chi connectivity index (χ3v) is 5.19. The summed E-state index contributed by atoms with van der Waals surface area (Å²) in [5, 5.41) is 3.42. The van der Waals surface area contributed by atoms with Crippen molar-refractivity contribution in [2.75, 3.05) is 27.2 Å². The molecule has 31 heavy (non-hydrogen) atoms. The number of hydrogen-bond acceptors (Lipinski definition) is 4. The lowest BCUT2D eigenvalue weighted by Gasteiger charge is -2.34. The molecule has 2 aromatic carbocycles. The summed E-state index contributed by atoms with van der Waals surface area (Å²) in [5.41, 5.74) is 6.49. The maximum Gasteiger partial charge on any atom is 0.217 e. The van der Waals surface area contributed by atoms with Crippen LogP contribution in [0.4, 0.5) is 0 Å². The Bertz CT molecular complexity index is 873. The molecule has 3 N–H and O–H groups in total. The van der Waals surface area contributed by atoms with E-state index in [2.05, 4.69) is 15.2 Å². The van der Waals surface area contributed by atoms with E-state index in [1.54, 1.807) is 14.2 Å². The van der Waals surface area contributed by atoms with E-state index in [1.165, 1.54) is 0 Å². The normalized spacial score (nSPS) is 16.3. The SMILES string of the molecule is CN=C(NCc1ccc(Oc2ccccc2OC)cc1)N1CCCC(CC(N)=O)C1.I. The molecule has 0 bridgehead atoms. The molecule has 7 nitrogen and oxygen atoms in total. The Morgan fingerprint density at radius 2 is 1.90 bits per heavy atom. The summed E-state index contributed by atoms with van der Waals surface area (Å²) in [5.74, 6) is 3.03. The van der Waals surface area contributed by atoms with Crippen molar-refractivity contribution in [1.29, 1.82) is 0 Å². The lowest BCUT2D eigenvalue weighted by molar-refractivity contribution is -0.119. The summed E-state index contributed by atoms with van der Waals surface area (Å²) in [6.45, 7) is 2.38. The highest BCUT2D eigenvalue weighted by Crippen LogP contribution is 2.30. The minimum absolute atomic E-state index is 0. The number of nitrogens with zero attached hydrogens (tertiary/aromatic N) is 2. The number of carbonyl (C=O) groups is 1. The summed E-state index contributed by atoms with van der Waals surface area (Å²) in [7, 11) is 3.41. The molecule has 1 unspecified atom stereocenters. The van der Waals surface area contributed by atoms with Gasteiger partial charge in [-0.05, 0) is 48.6 Å². The molecule has 1 amide bonds. The maximum absolute atomic E-state index is 11.2. The van der Waals surface area contributed by atoms with E-state index < -0.39 is 0 Å². The molecule has 8 heteroatoms. The first-order valence-corrected chi connectivity index (χ1v) is 10.2. The number of hydrogen-bond donors (Lipinski definition) is 2. The number of primary amides is 1. The van der Waals surface area contributed by atoms with Gasteiger partial charge in [-0.1, -0.05) is 24.3 Å². The zero-order chi connectivity index (χ0) is 21.3. The van der Waals surface area contributed by atoms with Crippen LogP contribution in [0.25, 0.3) is 0 Å². The second-order valence-corrected chi connectivity index (χ2v) is 7.42. The average Bonchev–Trinajstić information content (AvgIpc) is 2.75. The van der Waals surface area contributed by atoms with Crippen molar-refractivity contribution in [3.63, 3.8) is 0 Å². The predicted molar refractivity (Wildman–Crippen MR) is 133 cm³/mol. The molecule has 1 heterocycles. The highest BCUT2D eigenvalue weighted by Gasteiger charge is 2.23. The van der Waals surface area contributed by atoms with Gasteiger partial charge in [0.15, 0.2) is 17.5 Å². The van der Waals surface area contributed by atoms with Crippen LogP contribution in [0, 0.1) is 5.92 Å². The van der Waals surface area contributed by atoms with Crippen molar-refractivity contribution in [2.45, 2.75) is 25.8 Å². The molecule has 0 radical (unpaired) electrons. The molecule has 1 aliphatic heterocycles. The summed E-state index contributed by atoms with van der Waals surface area (Å²) < 4.78 is 11.3. The van der Waals surface area contributed by atoms with E-state index in [0.29, 0.717) is 30.4 Å². The third-order valence-electron chi connectivity index (χ3n) is 5.19. The van der Waals surface area contributed by atoms with Crippen LogP contribution < -0.4 is 20.5 Å². The Morgan fingerprint density at radius 3 is 2.55 bits per heavy atom. The first-order valence-electron chi connectivity index (χ1n) is 10.2. The van der Waals surface area contributed by atoms with Gasteiger partial charge in [-0.25, -0.2) is 0 Å². The Kier molecular flexibility index (Phi) is 9.90. The zero-order valence-electron chi connectivity index (χ0n) is 18.0. The quantitative estimate of drug-likeness (QED) is 0.319. The van der Waals surface area contributed by atoms with Crippen molar-refractivity contribution in [3.8, 4) is 17.2 Å².